The largest absolute Gasteiger partial charge is 0.491 e. The summed E-state index contributed by atoms with van der Waals surface area (Å²) < 4.78 is 11.1. The van der Waals surface area contributed by atoms with E-state index in [9.17, 15) is 9.59 Å². The van der Waals surface area contributed by atoms with Crippen molar-refractivity contribution in [3.8, 4) is 5.75 Å². The Labute approximate surface area is 177 Å². The number of carbonyl (C=O) groups is 2. The maximum Gasteiger partial charge on any atom is 0.254 e. The molecule has 0 spiro atoms. The molecule has 160 valence electrons. The van der Waals surface area contributed by atoms with Crippen LogP contribution in [0.3, 0.4) is 0 Å². The highest BCUT2D eigenvalue weighted by Gasteiger charge is 2.18. The van der Waals surface area contributed by atoms with Gasteiger partial charge in [-0.1, -0.05) is 26.0 Å². The molecule has 1 fully saturated rings. The van der Waals surface area contributed by atoms with Crippen LogP contribution in [0.4, 0.5) is 11.4 Å². The van der Waals surface area contributed by atoms with E-state index in [4.69, 9.17) is 9.47 Å². The van der Waals surface area contributed by atoms with Gasteiger partial charge in [-0.05, 0) is 42.3 Å². The summed E-state index contributed by atoms with van der Waals surface area (Å²) in [6, 6.07) is 14.5. The maximum atomic E-state index is 12.5. The van der Waals surface area contributed by atoms with Crippen molar-refractivity contribution in [2.24, 2.45) is 5.92 Å². The van der Waals surface area contributed by atoms with Crippen molar-refractivity contribution < 1.29 is 19.1 Å². The van der Waals surface area contributed by atoms with Crippen LogP contribution in [-0.4, -0.2) is 56.2 Å². The van der Waals surface area contributed by atoms with Crippen LogP contribution in [0.25, 0.3) is 0 Å². The van der Waals surface area contributed by atoms with Crippen molar-refractivity contribution in [2.75, 3.05) is 50.1 Å². The average molecular weight is 412 g/mol. The molecule has 1 aliphatic heterocycles. The molecule has 0 radical (unpaired) electrons. The minimum absolute atomic E-state index is 0.0177. The van der Waals surface area contributed by atoms with Crippen molar-refractivity contribution in [1.29, 1.82) is 0 Å². The standard InChI is InChI=1S/C23H29N3O4/c1-17(2)16-30-21-6-4-3-5-20(21)24-15-22(27)25-19-9-7-18(8-10-19)23(28)26-11-13-29-14-12-26/h3-10,17,24H,11-16H2,1-2H3,(H,25,27). The van der Waals surface area contributed by atoms with Crippen LogP contribution in [-0.2, 0) is 9.53 Å². The molecule has 2 aromatic rings. The second-order valence-electron chi connectivity index (χ2n) is 7.58. The summed E-state index contributed by atoms with van der Waals surface area (Å²) in [6.45, 7) is 7.23. The highest BCUT2D eigenvalue weighted by atomic mass is 16.5. The Hall–Kier alpha value is -3.06. The number of benzene rings is 2. The third-order valence-corrected chi connectivity index (χ3v) is 4.61. The Bertz CT molecular complexity index is 846. The minimum Gasteiger partial charge on any atom is -0.491 e. The molecule has 1 aliphatic rings. The van der Waals surface area contributed by atoms with E-state index >= 15 is 0 Å². The molecule has 0 atom stereocenters. The molecule has 3 rings (SSSR count). The second-order valence-corrected chi connectivity index (χ2v) is 7.58. The minimum atomic E-state index is -0.180. The molecule has 2 N–H and O–H groups in total. The van der Waals surface area contributed by atoms with Gasteiger partial charge in [0.25, 0.3) is 5.91 Å². The summed E-state index contributed by atoms with van der Waals surface area (Å²) in [4.78, 5) is 26.6. The second kappa shape index (κ2) is 10.6. The third-order valence-electron chi connectivity index (χ3n) is 4.61. The lowest BCUT2D eigenvalue weighted by Crippen LogP contribution is -2.40. The van der Waals surface area contributed by atoms with E-state index in [0.717, 1.165) is 11.4 Å². The van der Waals surface area contributed by atoms with Gasteiger partial charge in [0.15, 0.2) is 0 Å². The Kier molecular flexibility index (Phi) is 7.68. The summed E-state index contributed by atoms with van der Waals surface area (Å²) in [5, 5.41) is 5.96. The number of ether oxygens (including phenoxy) is 2. The number of nitrogens with zero attached hydrogens (tertiary/aromatic N) is 1. The van der Waals surface area contributed by atoms with E-state index in [1.165, 1.54) is 0 Å². The Morgan fingerprint density at radius 2 is 1.77 bits per heavy atom. The first-order valence-corrected chi connectivity index (χ1v) is 10.3. The van der Waals surface area contributed by atoms with Gasteiger partial charge in [-0.15, -0.1) is 0 Å². The van der Waals surface area contributed by atoms with Crippen molar-refractivity contribution in [3.05, 3.63) is 54.1 Å². The summed E-state index contributed by atoms with van der Waals surface area (Å²) in [5.74, 6) is 0.946. The lowest BCUT2D eigenvalue weighted by molar-refractivity contribution is -0.114. The molecule has 7 nitrogen and oxygen atoms in total. The number of anilines is 2. The number of nitrogens with one attached hydrogen (secondary N) is 2. The van der Waals surface area contributed by atoms with Gasteiger partial charge in [0.1, 0.15) is 5.75 Å². The van der Waals surface area contributed by atoms with Gasteiger partial charge in [-0.25, -0.2) is 0 Å². The maximum absolute atomic E-state index is 12.5. The molecular formula is C23H29N3O4. The zero-order chi connectivity index (χ0) is 21.3. The van der Waals surface area contributed by atoms with Gasteiger partial charge in [0.2, 0.25) is 5.91 Å². The molecule has 1 heterocycles. The van der Waals surface area contributed by atoms with Gasteiger partial charge in [-0.2, -0.15) is 0 Å². The molecule has 1 saturated heterocycles. The van der Waals surface area contributed by atoms with Crippen molar-refractivity contribution >= 4 is 23.2 Å². The average Bonchev–Trinajstić information content (AvgIpc) is 2.77. The van der Waals surface area contributed by atoms with E-state index in [1.54, 1.807) is 29.2 Å². The van der Waals surface area contributed by atoms with Gasteiger partial charge in [0, 0.05) is 24.3 Å². The van der Waals surface area contributed by atoms with Crippen molar-refractivity contribution in [1.82, 2.24) is 4.90 Å². The fraction of sp³-hybridized carbons (Fsp3) is 0.391. The summed E-state index contributed by atoms with van der Waals surface area (Å²) in [7, 11) is 0. The summed E-state index contributed by atoms with van der Waals surface area (Å²) in [6.07, 6.45) is 0. The topological polar surface area (TPSA) is 79.9 Å². The highest BCUT2D eigenvalue weighted by Crippen LogP contribution is 2.24. The van der Waals surface area contributed by atoms with Gasteiger partial charge in [-0.3, -0.25) is 9.59 Å². The molecule has 0 unspecified atom stereocenters. The zero-order valence-corrected chi connectivity index (χ0v) is 17.5. The fourth-order valence-corrected chi connectivity index (χ4v) is 3.02. The monoisotopic (exact) mass is 411 g/mol. The first kappa shape index (κ1) is 21.6. The lowest BCUT2D eigenvalue weighted by atomic mass is 10.1. The predicted molar refractivity (Wildman–Crippen MR) is 117 cm³/mol. The Morgan fingerprint density at radius 3 is 2.47 bits per heavy atom. The number of carbonyl (C=O) groups excluding carboxylic acids is 2. The zero-order valence-electron chi connectivity index (χ0n) is 17.5. The van der Waals surface area contributed by atoms with Crippen molar-refractivity contribution in [3.63, 3.8) is 0 Å². The van der Waals surface area contributed by atoms with Crippen LogP contribution < -0.4 is 15.4 Å². The van der Waals surface area contributed by atoms with Crippen LogP contribution in [0.5, 0.6) is 5.75 Å². The van der Waals surface area contributed by atoms with E-state index in [-0.39, 0.29) is 18.4 Å². The number of amides is 2. The van der Waals surface area contributed by atoms with Crippen LogP contribution in [0, 0.1) is 5.92 Å². The van der Waals surface area contributed by atoms with Crippen LogP contribution >= 0.6 is 0 Å². The molecule has 0 aliphatic carbocycles. The summed E-state index contributed by atoms with van der Waals surface area (Å²) in [5.41, 5.74) is 2.02. The molecule has 30 heavy (non-hydrogen) atoms. The van der Waals surface area contributed by atoms with Crippen LogP contribution in [0.2, 0.25) is 0 Å². The van der Waals surface area contributed by atoms with Crippen LogP contribution in [0.1, 0.15) is 24.2 Å². The van der Waals surface area contributed by atoms with E-state index in [0.29, 0.717) is 50.1 Å². The Balaban J connectivity index is 1.51. The quantitative estimate of drug-likeness (QED) is 0.697. The van der Waals surface area contributed by atoms with Crippen LogP contribution in [0.15, 0.2) is 48.5 Å². The number of rotatable bonds is 8. The molecule has 0 bridgehead atoms. The first-order chi connectivity index (χ1) is 14.5. The lowest BCUT2D eigenvalue weighted by Gasteiger charge is -2.26. The van der Waals surface area contributed by atoms with E-state index < -0.39 is 0 Å². The Morgan fingerprint density at radius 1 is 1.07 bits per heavy atom. The number of morpholine rings is 1. The molecule has 2 amide bonds. The first-order valence-electron chi connectivity index (χ1n) is 10.3. The van der Waals surface area contributed by atoms with E-state index in [2.05, 4.69) is 24.5 Å². The predicted octanol–water partition coefficient (Wildman–Crippen LogP) is 3.24. The molecule has 7 heteroatoms. The van der Waals surface area contributed by atoms with Gasteiger partial charge < -0.3 is 25.0 Å². The number of hydrogen-bond donors (Lipinski definition) is 2. The fourth-order valence-electron chi connectivity index (χ4n) is 3.02. The van der Waals surface area contributed by atoms with E-state index in [1.807, 2.05) is 24.3 Å². The highest BCUT2D eigenvalue weighted by molar-refractivity contribution is 5.96. The molecule has 2 aromatic carbocycles. The normalized spacial score (nSPS) is 13.8. The van der Waals surface area contributed by atoms with Gasteiger partial charge in [0.05, 0.1) is 32.1 Å². The SMILES string of the molecule is CC(C)COc1ccccc1NCC(=O)Nc1ccc(C(=O)N2CCOCC2)cc1. The molecule has 0 aromatic heterocycles. The molecule has 0 saturated carbocycles. The summed E-state index contributed by atoms with van der Waals surface area (Å²) >= 11 is 0. The van der Waals surface area contributed by atoms with Gasteiger partial charge >= 0.3 is 0 Å². The molecular weight excluding hydrogens is 382 g/mol. The van der Waals surface area contributed by atoms with Crippen molar-refractivity contribution in [2.45, 2.75) is 13.8 Å². The smallest absolute Gasteiger partial charge is 0.254 e. The number of hydrogen-bond acceptors (Lipinski definition) is 5. The number of para-hydroxylation sites is 2. The third kappa shape index (κ3) is 6.22.